The lowest BCUT2D eigenvalue weighted by molar-refractivity contribution is -0.384. The van der Waals surface area contributed by atoms with Gasteiger partial charge in [0.05, 0.1) is 4.92 Å². The van der Waals surface area contributed by atoms with Gasteiger partial charge in [0.1, 0.15) is 17.8 Å². The van der Waals surface area contributed by atoms with Gasteiger partial charge in [0.25, 0.3) is 0 Å². The number of nitro groups is 1. The van der Waals surface area contributed by atoms with Crippen LogP contribution in [0, 0.1) is 21.7 Å². The summed E-state index contributed by atoms with van der Waals surface area (Å²) >= 11 is 0. The molecule has 2 rings (SSSR count). The number of aromatic nitrogens is 2. The lowest BCUT2D eigenvalue weighted by Gasteiger charge is -2.08. The highest BCUT2D eigenvalue weighted by atomic mass is 19.1. The normalized spacial score (nSPS) is 10.2. The summed E-state index contributed by atoms with van der Waals surface area (Å²) in [6.45, 7) is -0.0763. The van der Waals surface area contributed by atoms with Crippen molar-refractivity contribution in [1.82, 2.24) is 9.97 Å². The molecule has 7 nitrogen and oxygen atoms in total. The standard InChI is InChI=1S/C12H11F2N5O2/c1-15-12-17-6-10(19(20)21)11(18-12)16-5-7-2-3-8(13)4-9(7)14/h2-4,6H,5H2,1H3,(H2,15,16,17,18). The zero-order valence-corrected chi connectivity index (χ0v) is 10.9. The third kappa shape index (κ3) is 3.38. The number of hydrogen-bond acceptors (Lipinski definition) is 6. The minimum absolute atomic E-state index is 0.0527. The monoisotopic (exact) mass is 295 g/mol. The number of nitrogens with zero attached hydrogens (tertiary/aromatic N) is 3. The Balaban J connectivity index is 2.24. The zero-order valence-electron chi connectivity index (χ0n) is 10.9. The average molecular weight is 295 g/mol. The van der Waals surface area contributed by atoms with Gasteiger partial charge in [-0.05, 0) is 6.07 Å². The van der Waals surface area contributed by atoms with Crippen molar-refractivity contribution < 1.29 is 13.7 Å². The van der Waals surface area contributed by atoms with E-state index in [0.29, 0.717) is 0 Å². The first-order chi connectivity index (χ1) is 10.0. The Kier molecular flexibility index (Phi) is 4.21. The molecule has 9 heteroatoms. The summed E-state index contributed by atoms with van der Waals surface area (Å²) < 4.78 is 26.3. The molecule has 0 aliphatic heterocycles. The van der Waals surface area contributed by atoms with Crippen molar-refractivity contribution in [2.45, 2.75) is 6.54 Å². The average Bonchev–Trinajstić information content (AvgIpc) is 2.45. The van der Waals surface area contributed by atoms with Crippen molar-refractivity contribution in [3.05, 3.63) is 51.7 Å². The maximum absolute atomic E-state index is 13.5. The lowest BCUT2D eigenvalue weighted by atomic mass is 10.2. The molecule has 2 N–H and O–H groups in total. The number of halogens is 2. The summed E-state index contributed by atoms with van der Waals surface area (Å²) in [4.78, 5) is 17.9. The number of anilines is 2. The molecule has 0 aliphatic rings. The van der Waals surface area contributed by atoms with Crippen molar-refractivity contribution >= 4 is 17.5 Å². The van der Waals surface area contributed by atoms with E-state index in [1.54, 1.807) is 7.05 Å². The van der Waals surface area contributed by atoms with Gasteiger partial charge in [-0.1, -0.05) is 6.07 Å². The molecule has 0 spiro atoms. The van der Waals surface area contributed by atoms with Crippen molar-refractivity contribution in [2.24, 2.45) is 0 Å². The van der Waals surface area contributed by atoms with Gasteiger partial charge < -0.3 is 10.6 Å². The Morgan fingerprint density at radius 1 is 1.38 bits per heavy atom. The zero-order chi connectivity index (χ0) is 15.4. The summed E-state index contributed by atoms with van der Waals surface area (Å²) in [5.74, 6) is -1.31. The predicted molar refractivity (Wildman–Crippen MR) is 71.9 cm³/mol. The molecule has 0 atom stereocenters. The molecule has 0 amide bonds. The highest BCUT2D eigenvalue weighted by molar-refractivity contribution is 5.57. The van der Waals surface area contributed by atoms with Crippen LogP contribution in [0.1, 0.15) is 5.56 Å². The van der Waals surface area contributed by atoms with Gasteiger partial charge in [0.2, 0.25) is 11.8 Å². The van der Waals surface area contributed by atoms with E-state index in [1.165, 1.54) is 6.07 Å². The Morgan fingerprint density at radius 3 is 2.76 bits per heavy atom. The fraction of sp³-hybridized carbons (Fsp3) is 0.167. The predicted octanol–water partition coefficient (Wildman–Crippen LogP) is 2.32. The second-order valence-corrected chi connectivity index (χ2v) is 4.02. The van der Waals surface area contributed by atoms with E-state index in [4.69, 9.17) is 0 Å². The topological polar surface area (TPSA) is 93.0 Å². The molecule has 0 aliphatic carbocycles. The molecule has 1 heterocycles. The molecule has 1 aromatic heterocycles. The molecule has 0 bridgehead atoms. The van der Waals surface area contributed by atoms with Gasteiger partial charge in [-0.3, -0.25) is 10.1 Å². The first kappa shape index (κ1) is 14.6. The van der Waals surface area contributed by atoms with E-state index in [1.807, 2.05) is 0 Å². The molecule has 2 aromatic rings. The molecular weight excluding hydrogens is 284 g/mol. The van der Waals surface area contributed by atoms with Crippen molar-refractivity contribution in [3.8, 4) is 0 Å². The maximum Gasteiger partial charge on any atom is 0.329 e. The van der Waals surface area contributed by atoms with E-state index in [-0.39, 0.29) is 29.6 Å². The summed E-state index contributed by atoms with van der Waals surface area (Å²) in [6.07, 6.45) is 1.04. The summed E-state index contributed by atoms with van der Waals surface area (Å²) in [5, 5.41) is 16.2. The largest absolute Gasteiger partial charge is 0.360 e. The van der Waals surface area contributed by atoms with E-state index in [9.17, 15) is 18.9 Å². The van der Waals surface area contributed by atoms with Gasteiger partial charge in [0, 0.05) is 25.2 Å². The lowest BCUT2D eigenvalue weighted by Crippen LogP contribution is -2.08. The Morgan fingerprint density at radius 2 is 2.14 bits per heavy atom. The Hall–Kier alpha value is -2.84. The van der Waals surface area contributed by atoms with E-state index in [0.717, 1.165) is 18.3 Å². The van der Waals surface area contributed by atoms with Crippen LogP contribution >= 0.6 is 0 Å². The van der Waals surface area contributed by atoms with Crippen LogP contribution in [0.2, 0.25) is 0 Å². The van der Waals surface area contributed by atoms with Gasteiger partial charge in [-0.15, -0.1) is 0 Å². The van der Waals surface area contributed by atoms with Crippen LogP contribution in [0.5, 0.6) is 0 Å². The summed E-state index contributed by atoms with van der Waals surface area (Å²) in [7, 11) is 1.56. The molecular formula is C12H11F2N5O2. The van der Waals surface area contributed by atoms with Crippen LogP contribution in [-0.4, -0.2) is 21.9 Å². The molecule has 21 heavy (non-hydrogen) atoms. The molecule has 0 fully saturated rings. The maximum atomic E-state index is 13.5. The fourth-order valence-electron chi connectivity index (χ4n) is 1.60. The highest BCUT2D eigenvalue weighted by Crippen LogP contribution is 2.23. The summed E-state index contributed by atoms with van der Waals surface area (Å²) in [6, 6.07) is 3.10. The van der Waals surface area contributed by atoms with Crippen LogP contribution in [0.25, 0.3) is 0 Å². The van der Waals surface area contributed by atoms with Crippen LogP contribution in [0.4, 0.5) is 26.2 Å². The first-order valence-electron chi connectivity index (χ1n) is 5.88. The molecule has 1 aromatic carbocycles. The third-order valence-electron chi connectivity index (χ3n) is 2.65. The molecule has 0 radical (unpaired) electrons. The van der Waals surface area contributed by atoms with Gasteiger partial charge in [0.15, 0.2) is 0 Å². The van der Waals surface area contributed by atoms with Crippen molar-refractivity contribution in [1.29, 1.82) is 0 Å². The highest BCUT2D eigenvalue weighted by Gasteiger charge is 2.17. The van der Waals surface area contributed by atoms with Crippen LogP contribution in [0.3, 0.4) is 0 Å². The van der Waals surface area contributed by atoms with E-state index < -0.39 is 16.6 Å². The Bertz CT molecular complexity index is 681. The SMILES string of the molecule is CNc1ncc([N+](=O)[O-])c(NCc2ccc(F)cc2F)n1. The van der Waals surface area contributed by atoms with Crippen LogP contribution in [-0.2, 0) is 6.54 Å². The van der Waals surface area contributed by atoms with Crippen LogP contribution in [0.15, 0.2) is 24.4 Å². The minimum atomic E-state index is -0.743. The summed E-state index contributed by atoms with van der Waals surface area (Å²) in [5.41, 5.74) is -0.174. The number of hydrogen-bond donors (Lipinski definition) is 2. The van der Waals surface area contributed by atoms with Gasteiger partial charge in [-0.2, -0.15) is 4.98 Å². The smallest absolute Gasteiger partial charge is 0.329 e. The van der Waals surface area contributed by atoms with Gasteiger partial charge >= 0.3 is 5.69 Å². The minimum Gasteiger partial charge on any atom is -0.360 e. The fourth-order valence-corrected chi connectivity index (χ4v) is 1.60. The molecule has 0 unspecified atom stereocenters. The molecule has 0 saturated heterocycles. The van der Waals surface area contributed by atoms with Crippen LogP contribution < -0.4 is 10.6 Å². The number of nitrogens with one attached hydrogen (secondary N) is 2. The van der Waals surface area contributed by atoms with E-state index >= 15 is 0 Å². The molecule has 110 valence electrons. The first-order valence-corrected chi connectivity index (χ1v) is 5.88. The second-order valence-electron chi connectivity index (χ2n) is 4.02. The second kappa shape index (κ2) is 6.07. The van der Waals surface area contributed by atoms with E-state index in [2.05, 4.69) is 20.6 Å². The van der Waals surface area contributed by atoms with Crippen molar-refractivity contribution in [2.75, 3.05) is 17.7 Å². The third-order valence-corrected chi connectivity index (χ3v) is 2.65. The quantitative estimate of drug-likeness (QED) is 0.649. The number of benzene rings is 1. The van der Waals surface area contributed by atoms with Gasteiger partial charge in [-0.25, -0.2) is 13.8 Å². The Labute approximate surface area is 118 Å². The van der Waals surface area contributed by atoms with Crippen molar-refractivity contribution in [3.63, 3.8) is 0 Å². The molecule has 0 saturated carbocycles. The number of rotatable bonds is 5.